The standard InChI is InChI=1S/C13H18FN3O2/c1-13(2,11(18)19-3)9-4-5-17(8-9)12-15-6-10(14)7-16-12/h6-7,9H,4-5,8H2,1-3H3. The molecule has 0 spiro atoms. The van der Waals surface area contributed by atoms with E-state index in [0.29, 0.717) is 12.5 Å². The Kier molecular flexibility index (Phi) is 3.68. The van der Waals surface area contributed by atoms with E-state index in [1.165, 1.54) is 7.11 Å². The molecule has 0 aliphatic carbocycles. The lowest BCUT2D eigenvalue weighted by atomic mass is 9.78. The van der Waals surface area contributed by atoms with Crippen molar-refractivity contribution < 1.29 is 13.9 Å². The van der Waals surface area contributed by atoms with Crippen molar-refractivity contribution in [3.05, 3.63) is 18.2 Å². The summed E-state index contributed by atoms with van der Waals surface area (Å²) in [7, 11) is 1.40. The van der Waals surface area contributed by atoms with Gasteiger partial charge in [-0.25, -0.2) is 14.4 Å². The summed E-state index contributed by atoms with van der Waals surface area (Å²) in [5.41, 5.74) is -0.538. The van der Waals surface area contributed by atoms with Crippen LogP contribution in [0.3, 0.4) is 0 Å². The molecule has 104 valence electrons. The smallest absolute Gasteiger partial charge is 0.311 e. The number of esters is 1. The number of anilines is 1. The Morgan fingerprint density at radius 3 is 2.68 bits per heavy atom. The summed E-state index contributed by atoms with van der Waals surface area (Å²) in [5.74, 6) is 0.0203. The lowest BCUT2D eigenvalue weighted by molar-refractivity contribution is -0.153. The molecule has 19 heavy (non-hydrogen) atoms. The average Bonchev–Trinajstić information content (AvgIpc) is 2.88. The summed E-state index contributed by atoms with van der Waals surface area (Å²) >= 11 is 0. The zero-order valence-corrected chi connectivity index (χ0v) is 11.4. The number of nitrogens with zero attached hydrogens (tertiary/aromatic N) is 3. The van der Waals surface area contributed by atoms with Crippen molar-refractivity contribution in [1.82, 2.24) is 9.97 Å². The van der Waals surface area contributed by atoms with Crippen LogP contribution in [0.15, 0.2) is 12.4 Å². The van der Waals surface area contributed by atoms with Gasteiger partial charge >= 0.3 is 5.97 Å². The minimum Gasteiger partial charge on any atom is -0.469 e. The molecule has 5 nitrogen and oxygen atoms in total. The summed E-state index contributed by atoms with van der Waals surface area (Å²) in [6.45, 7) is 5.21. The number of methoxy groups -OCH3 is 1. The first-order chi connectivity index (χ1) is 8.95. The van der Waals surface area contributed by atoms with Gasteiger partial charge in [0.15, 0.2) is 5.82 Å². The Hall–Kier alpha value is -1.72. The molecule has 2 heterocycles. The monoisotopic (exact) mass is 267 g/mol. The first-order valence-electron chi connectivity index (χ1n) is 6.26. The number of hydrogen-bond donors (Lipinski definition) is 0. The number of carbonyl (C=O) groups excluding carboxylic acids is 1. The zero-order chi connectivity index (χ0) is 14.0. The van der Waals surface area contributed by atoms with Gasteiger partial charge < -0.3 is 9.64 Å². The normalized spacial score (nSPS) is 19.6. The second-order valence-corrected chi connectivity index (χ2v) is 5.35. The summed E-state index contributed by atoms with van der Waals surface area (Å²) in [6.07, 6.45) is 3.17. The molecule has 0 aromatic carbocycles. The van der Waals surface area contributed by atoms with Gasteiger partial charge in [0.2, 0.25) is 5.95 Å². The van der Waals surface area contributed by atoms with Gasteiger partial charge in [-0.2, -0.15) is 0 Å². The lowest BCUT2D eigenvalue weighted by Crippen LogP contribution is -2.36. The number of aromatic nitrogens is 2. The van der Waals surface area contributed by atoms with Crippen LogP contribution in [0.5, 0.6) is 0 Å². The van der Waals surface area contributed by atoms with Crippen molar-refractivity contribution in [1.29, 1.82) is 0 Å². The van der Waals surface area contributed by atoms with Gasteiger partial charge in [-0.15, -0.1) is 0 Å². The van der Waals surface area contributed by atoms with Gasteiger partial charge in [0.1, 0.15) is 0 Å². The van der Waals surface area contributed by atoms with Crippen molar-refractivity contribution in [2.75, 3.05) is 25.1 Å². The van der Waals surface area contributed by atoms with Gasteiger partial charge in [0.05, 0.1) is 24.9 Å². The number of carbonyl (C=O) groups is 1. The van der Waals surface area contributed by atoms with E-state index in [1.807, 2.05) is 18.7 Å². The predicted octanol–water partition coefficient (Wildman–Crippen LogP) is 1.64. The molecule has 2 rings (SSSR count). The summed E-state index contributed by atoms with van der Waals surface area (Å²) in [4.78, 5) is 21.7. The lowest BCUT2D eigenvalue weighted by Gasteiger charge is -2.28. The number of hydrogen-bond acceptors (Lipinski definition) is 5. The number of halogens is 1. The fraction of sp³-hybridized carbons (Fsp3) is 0.615. The Morgan fingerprint density at radius 1 is 1.47 bits per heavy atom. The molecule has 0 bridgehead atoms. The molecule has 1 aromatic rings. The van der Waals surface area contributed by atoms with Crippen LogP contribution in [0.4, 0.5) is 10.3 Å². The highest BCUT2D eigenvalue weighted by molar-refractivity contribution is 5.76. The van der Waals surface area contributed by atoms with E-state index in [9.17, 15) is 9.18 Å². The molecular weight excluding hydrogens is 249 g/mol. The average molecular weight is 267 g/mol. The van der Waals surface area contributed by atoms with Crippen molar-refractivity contribution in [2.24, 2.45) is 11.3 Å². The van der Waals surface area contributed by atoms with E-state index in [0.717, 1.165) is 25.4 Å². The first-order valence-corrected chi connectivity index (χ1v) is 6.26. The molecule has 1 saturated heterocycles. The fourth-order valence-corrected chi connectivity index (χ4v) is 2.43. The molecule has 1 aliphatic rings. The van der Waals surface area contributed by atoms with Crippen molar-refractivity contribution in [2.45, 2.75) is 20.3 Å². The van der Waals surface area contributed by atoms with Crippen LogP contribution in [0.2, 0.25) is 0 Å². The van der Waals surface area contributed by atoms with Gasteiger partial charge in [-0.3, -0.25) is 4.79 Å². The highest BCUT2D eigenvalue weighted by Gasteiger charge is 2.41. The van der Waals surface area contributed by atoms with E-state index in [2.05, 4.69) is 9.97 Å². The molecule has 0 radical (unpaired) electrons. The van der Waals surface area contributed by atoms with Gasteiger partial charge in [0, 0.05) is 13.1 Å². The molecular formula is C13H18FN3O2. The van der Waals surface area contributed by atoms with Crippen LogP contribution in [0, 0.1) is 17.2 Å². The quantitative estimate of drug-likeness (QED) is 0.779. The SMILES string of the molecule is COC(=O)C(C)(C)C1CCN(c2ncc(F)cn2)C1. The highest BCUT2D eigenvalue weighted by Crippen LogP contribution is 2.36. The summed E-state index contributed by atoms with van der Waals surface area (Å²) in [6, 6.07) is 0. The van der Waals surface area contributed by atoms with Gasteiger partial charge in [0.25, 0.3) is 0 Å². The molecule has 0 N–H and O–H groups in total. The van der Waals surface area contributed by atoms with Crippen LogP contribution >= 0.6 is 0 Å². The van der Waals surface area contributed by atoms with Crippen molar-refractivity contribution >= 4 is 11.9 Å². The maximum atomic E-state index is 12.8. The highest BCUT2D eigenvalue weighted by atomic mass is 19.1. The van der Waals surface area contributed by atoms with Gasteiger partial charge in [-0.1, -0.05) is 0 Å². The molecule has 0 saturated carbocycles. The van der Waals surface area contributed by atoms with Crippen molar-refractivity contribution in [3.63, 3.8) is 0 Å². The molecule has 1 fully saturated rings. The van der Waals surface area contributed by atoms with Crippen LogP contribution in [-0.2, 0) is 9.53 Å². The Morgan fingerprint density at radius 2 is 2.11 bits per heavy atom. The first kappa shape index (κ1) is 13.7. The predicted molar refractivity (Wildman–Crippen MR) is 68.1 cm³/mol. The maximum Gasteiger partial charge on any atom is 0.311 e. The largest absolute Gasteiger partial charge is 0.469 e. The third kappa shape index (κ3) is 2.67. The fourth-order valence-electron chi connectivity index (χ4n) is 2.43. The van der Waals surface area contributed by atoms with Crippen LogP contribution in [-0.4, -0.2) is 36.1 Å². The molecule has 1 unspecified atom stereocenters. The Balaban J connectivity index is 2.08. The van der Waals surface area contributed by atoms with Gasteiger partial charge in [-0.05, 0) is 26.2 Å². The van der Waals surface area contributed by atoms with E-state index < -0.39 is 11.2 Å². The Bertz CT molecular complexity index is 461. The van der Waals surface area contributed by atoms with E-state index in [1.54, 1.807) is 0 Å². The molecule has 0 amide bonds. The maximum absolute atomic E-state index is 12.8. The van der Waals surface area contributed by atoms with E-state index in [-0.39, 0.29) is 11.9 Å². The van der Waals surface area contributed by atoms with E-state index in [4.69, 9.17) is 4.74 Å². The molecule has 6 heteroatoms. The Labute approximate surface area is 111 Å². The number of rotatable bonds is 3. The van der Waals surface area contributed by atoms with Crippen molar-refractivity contribution in [3.8, 4) is 0 Å². The molecule has 1 atom stereocenters. The van der Waals surface area contributed by atoms with Crippen LogP contribution in [0.1, 0.15) is 20.3 Å². The number of ether oxygens (including phenoxy) is 1. The second-order valence-electron chi connectivity index (χ2n) is 5.35. The van der Waals surface area contributed by atoms with E-state index >= 15 is 0 Å². The molecule has 1 aliphatic heterocycles. The second kappa shape index (κ2) is 5.11. The molecule has 1 aromatic heterocycles. The summed E-state index contributed by atoms with van der Waals surface area (Å²) in [5, 5.41) is 0. The minimum atomic E-state index is -0.538. The third-order valence-electron chi connectivity index (χ3n) is 3.81. The topological polar surface area (TPSA) is 55.3 Å². The minimum absolute atomic E-state index is 0.175. The van der Waals surface area contributed by atoms with Crippen LogP contribution < -0.4 is 4.90 Å². The zero-order valence-electron chi connectivity index (χ0n) is 11.4. The summed E-state index contributed by atoms with van der Waals surface area (Å²) < 4.78 is 17.6. The third-order valence-corrected chi connectivity index (χ3v) is 3.81. The van der Waals surface area contributed by atoms with Crippen LogP contribution in [0.25, 0.3) is 0 Å².